The number of ether oxygens (including phenoxy) is 1. The SMILES string of the molecule is CC(=O)O.Cn1c(/C(C#N)=C/c2cn(-c3ccccc3)nc2-c2ccc(S(=O)(=O)N3CCOCC3)cc2)nc2ccccc21. The van der Waals surface area contributed by atoms with E-state index in [2.05, 4.69) is 6.07 Å². The Hall–Kier alpha value is -5.09. The van der Waals surface area contributed by atoms with Gasteiger partial charge in [-0.2, -0.15) is 14.7 Å². The molecule has 0 atom stereocenters. The van der Waals surface area contributed by atoms with Crippen LogP contribution in [0.1, 0.15) is 18.3 Å². The van der Waals surface area contributed by atoms with Gasteiger partial charge >= 0.3 is 0 Å². The molecule has 0 bridgehead atoms. The van der Waals surface area contributed by atoms with Crippen molar-refractivity contribution in [1.29, 1.82) is 5.26 Å². The zero-order valence-electron chi connectivity index (χ0n) is 24.2. The highest BCUT2D eigenvalue weighted by Crippen LogP contribution is 2.30. The number of nitriles is 1. The van der Waals surface area contributed by atoms with Gasteiger partial charge in [-0.25, -0.2) is 18.1 Å². The quantitative estimate of drug-likeness (QED) is 0.275. The molecular formula is C32H30N6O5S. The second-order valence-corrected chi connectivity index (χ2v) is 11.9. The maximum Gasteiger partial charge on any atom is 0.300 e. The summed E-state index contributed by atoms with van der Waals surface area (Å²) >= 11 is 0. The van der Waals surface area contributed by atoms with Crippen LogP contribution in [0.2, 0.25) is 0 Å². The van der Waals surface area contributed by atoms with Crippen molar-refractivity contribution >= 4 is 38.7 Å². The molecule has 5 aromatic rings. The van der Waals surface area contributed by atoms with Gasteiger partial charge in [0.25, 0.3) is 5.97 Å². The van der Waals surface area contributed by atoms with Crippen molar-refractivity contribution < 1.29 is 23.1 Å². The van der Waals surface area contributed by atoms with Gasteiger partial charge < -0.3 is 14.4 Å². The van der Waals surface area contributed by atoms with Crippen LogP contribution in [0.3, 0.4) is 0 Å². The summed E-state index contributed by atoms with van der Waals surface area (Å²) in [7, 11) is -1.74. The summed E-state index contributed by atoms with van der Waals surface area (Å²) in [6, 6.07) is 26.4. The number of aryl methyl sites for hydroxylation is 1. The van der Waals surface area contributed by atoms with E-state index in [1.807, 2.05) is 72.4 Å². The average Bonchev–Trinajstić information content (AvgIpc) is 3.61. The average molecular weight is 611 g/mol. The Bertz CT molecular complexity index is 1960. The second-order valence-electron chi connectivity index (χ2n) is 9.93. The van der Waals surface area contributed by atoms with Crippen LogP contribution in [-0.2, 0) is 26.6 Å². The largest absolute Gasteiger partial charge is 0.481 e. The molecule has 6 rings (SSSR count). The van der Waals surface area contributed by atoms with Crippen molar-refractivity contribution in [2.75, 3.05) is 26.3 Å². The van der Waals surface area contributed by atoms with Crippen LogP contribution >= 0.6 is 0 Å². The molecule has 3 heterocycles. The van der Waals surface area contributed by atoms with Gasteiger partial charge in [-0.1, -0.05) is 42.5 Å². The molecule has 0 unspecified atom stereocenters. The number of benzene rings is 3. The van der Waals surface area contributed by atoms with E-state index in [4.69, 9.17) is 24.7 Å². The van der Waals surface area contributed by atoms with E-state index in [-0.39, 0.29) is 4.90 Å². The third-order valence-electron chi connectivity index (χ3n) is 6.95. The number of carboxylic acid groups (broad SMARTS) is 1. The van der Waals surface area contributed by atoms with E-state index in [0.29, 0.717) is 49.0 Å². The number of aliphatic carboxylic acids is 1. The van der Waals surface area contributed by atoms with Gasteiger partial charge in [0.15, 0.2) is 5.82 Å². The number of morpholine rings is 1. The van der Waals surface area contributed by atoms with Crippen molar-refractivity contribution in [1.82, 2.24) is 23.6 Å². The number of fused-ring (bicyclic) bond motifs is 1. The Labute approximate surface area is 254 Å². The molecule has 2 aromatic heterocycles. The van der Waals surface area contributed by atoms with E-state index in [1.54, 1.807) is 35.0 Å². The lowest BCUT2D eigenvalue weighted by atomic mass is 10.1. The zero-order valence-corrected chi connectivity index (χ0v) is 25.0. The molecule has 11 nitrogen and oxygen atoms in total. The molecule has 12 heteroatoms. The van der Waals surface area contributed by atoms with Crippen molar-refractivity contribution in [2.24, 2.45) is 7.05 Å². The lowest BCUT2D eigenvalue weighted by Gasteiger charge is -2.26. The molecule has 44 heavy (non-hydrogen) atoms. The van der Waals surface area contributed by atoms with Crippen molar-refractivity contribution in [3.05, 3.63) is 96.4 Å². The maximum atomic E-state index is 13.1. The van der Waals surface area contributed by atoms with Crippen LogP contribution in [0, 0.1) is 11.3 Å². The summed E-state index contributed by atoms with van der Waals surface area (Å²) < 4.78 is 36.7. The minimum absolute atomic E-state index is 0.218. The fourth-order valence-corrected chi connectivity index (χ4v) is 6.25. The van der Waals surface area contributed by atoms with Crippen LogP contribution in [0.5, 0.6) is 0 Å². The first kappa shape index (κ1) is 30.4. The Kier molecular flexibility index (Phi) is 9.01. The molecule has 0 saturated carbocycles. The number of aromatic nitrogens is 4. The molecule has 1 N–H and O–H groups in total. The summed E-state index contributed by atoms with van der Waals surface area (Å²) in [6.07, 6.45) is 3.64. The number of allylic oxidation sites excluding steroid dienone is 1. The molecule has 0 aliphatic carbocycles. The standard InChI is InChI=1S/C30H26N6O3S.C2H4O2/c1-34-28-10-6-5-9-27(28)32-30(34)23(20-31)19-24-21-36(25-7-3-2-4-8-25)33-29(24)22-11-13-26(14-12-22)40(37,38)35-15-17-39-18-16-35;1-2(3)4/h2-14,19,21H,15-18H2,1H3;1H3,(H,3,4)/b23-19+;. The zero-order chi connectivity index (χ0) is 31.3. The minimum atomic E-state index is -3.62. The number of hydrogen-bond acceptors (Lipinski definition) is 7. The number of hydrogen-bond donors (Lipinski definition) is 1. The van der Waals surface area contributed by atoms with Gasteiger partial charge in [-0.15, -0.1) is 0 Å². The van der Waals surface area contributed by atoms with Gasteiger partial charge in [-0.3, -0.25) is 4.79 Å². The van der Waals surface area contributed by atoms with Crippen LogP contribution in [0.15, 0.2) is 90.0 Å². The number of rotatable bonds is 6. The van der Waals surface area contributed by atoms with E-state index < -0.39 is 16.0 Å². The molecule has 1 saturated heterocycles. The molecule has 0 spiro atoms. The van der Waals surface area contributed by atoms with Gasteiger partial charge in [0.2, 0.25) is 10.0 Å². The second kappa shape index (κ2) is 13.0. The Morgan fingerprint density at radius 2 is 1.64 bits per heavy atom. The third kappa shape index (κ3) is 6.45. The summed E-state index contributed by atoms with van der Waals surface area (Å²) in [5.74, 6) is -0.283. The molecular weight excluding hydrogens is 580 g/mol. The molecule has 1 fully saturated rings. The first-order chi connectivity index (χ1) is 21.2. The number of carbonyl (C=O) groups is 1. The van der Waals surface area contributed by atoms with E-state index in [0.717, 1.165) is 29.2 Å². The molecule has 0 amide bonds. The minimum Gasteiger partial charge on any atom is -0.481 e. The Morgan fingerprint density at radius 3 is 2.27 bits per heavy atom. The third-order valence-corrected chi connectivity index (χ3v) is 8.86. The van der Waals surface area contributed by atoms with Crippen LogP contribution < -0.4 is 0 Å². The topological polar surface area (TPSA) is 143 Å². The fraction of sp³-hybridized carbons (Fsp3) is 0.188. The number of carboxylic acids is 1. The van der Waals surface area contributed by atoms with E-state index >= 15 is 0 Å². The molecule has 0 radical (unpaired) electrons. The molecule has 1 aliphatic heterocycles. The lowest BCUT2D eigenvalue weighted by Crippen LogP contribution is -2.40. The summed E-state index contributed by atoms with van der Waals surface area (Å²) in [5.41, 5.74) is 5.02. The lowest BCUT2D eigenvalue weighted by molar-refractivity contribution is -0.134. The monoisotopic (exact) mass is 610 g/mol. The summed E-state index contributed by atoms with van der Waals surface area (Å²) in [4.78, 5) is 13.9. The molecule has 3 aromatic carbocycles. The predicted octanol–water partition coefficient (Wildman–Crippen LogP) is 4.60. The molecule has 1 aliphatic rings. The van der Waals surface area contributed by atoms with Crippen molar-refractivity contribution in [2.45, 2.75) is 11.8 Å². The van der Waals surface area contributed by atoms with Gasteiger partial charge in [0.05, 0.1) is 46.1 Å². The number of nitrogens with zero attached hydrogens (tertiary/aromatic N) is 6. The number of sulfonamides is 1. The maximum absolute atomic E-state index is 13.1. The molecule has 224 valence electrons. The highest BCUT2D eigenvalue weighted by atomic mass is 32.2. The number of imidazole rings is 1. The Balaban J connectivity index is 0.000000906. The summed E-state index contributed by atoms with van der Waals surface area (Å²) in [5, 5.41) is 22.4. The van der Waals surface area contributed by atoms with Gasteiger partial charge in [-0.05, 0) is 42.5 Å². The van der Waals surface area contributed by atoms with E-state index in [1.165, 1.54) is 4.31 Å². The normalized spacial score (nSPS) is 14.1. The first-order valence-electron chi connectivity index (χ1n) is 13.8. The highest BCUT2D eigenvalue weighted by molar-refractivity contribution is 7.89. The first-order valence-corrected chi connectivity index (χ1v) is 15.2. The smallest absolute Gasteiger partial charge is 0.300 e. The van der Waals surface area contributed by atoms with E-state index in [9.17, 15) is 13.7 Å². The summed E-state index contributed by atoms with van der Waals surface area (Å²) in [6.45, 7) is 2.52. The Morgan fingerprint density at radius 1 is 1.00 bits per heavy atom. The predicted molar refractivity (Wildman–Crippen MR) is 166 cm³/mol. The van der Waals surface area contributed by atoms with Gasteiger partial charge in [0.1, 0.15) is 6.07 Å². The van der Waals surface area contributed by atoms with Crippen molar-refractivity contribution in [3.63, 3.8) is 0 Å². The van der Waals surface area contributed by atoms with Crippen molar-refractivity contribution in [3.8, 4) is 23.0 Å². The highest BCUT2D eigenvalue weighted by Gasteiger charge is 2.26. The van der Waals surface area contributed by atoms with Gasteiger partial charge in [0, 0.05) is 44.4 Å². The van der Waals surface area contributed by atoms with Crippen LogP contribution in [0.25, 0.3) is 39.6 Å². The van der Waals surface area contributed by atoms with Crippen LogP contribution in [-0.4, -0.2) is 69.4 Å². The number of para-hydroxylation sites is 3. The van der Waals surface area contributed by atoms with Crippen LogP contribution in [0.4, 0.5) is 0 Å². The fourth-order valence-electron chi connectivity index (χ4n) is 4.84.